The summed E-state index contributed by atoms with van der Waals surface area (Å²) in [6, 6.07) is 0. The van der Waals surface area contributed by atoms with Crippen molar-refractivity contribution < 1.29 is 14.7 Å². The molecule has 1 saturated carbocycles. The largest absolute Gasteiger partial charge is 0.481 e. The maximum Gasteiger partial charge on any atom is 0.308 e. The minimum absolute atomic E-state index is 0.0894. The van der Waals surface area contributed by atoms with Crippen LogP contribution in [0.5, 0.6) is 0 Å². The van der Waals surface area contributed by atoms with E-state index in [-0.39, 0.29) is 23.7 Å². The Labute approximate surface area is 89.3 Å². The monoisotopic (exact) mass is 211 g/mol. The van der Waals surface area contributed by atoms with Crippen molar-refractivity contribution in [2.75, 3.05) is 13.1 Å². The highest BCUT2D eigenvalue weighted by Crippen LogP contribution is 2.31. The molecule has 2 atom stereocenters. The van der Waals surface area contributed by atoms with E-state index in [4.69, 9.17) is 5.11 Å². The van der Waals surface area contributed by atoms with Gasteiger partial charge in [0, 0.05) is 19.0 Å². The van der Waals surface area contributed by atoms with Gasteiger partial charge in [-0.15, -0.1) is 0 Å². The third kappa shape index (κ3) is 1.85. The normalized spacial score (nSPS) is 31.4. The fourth-order valence-corrected chi connectivity index (χ4v) is 2.38. The number of amides is 1. The second kappa shape index (κ2) is 3.83. The summed E-state index contributed by atoms with van der Waals surface area (Å²) in [6.07, 6.45) is 3.12. The number of hydrogen-bond acceptors (Lipinski definition) is 2. The summed E-state index contributed by atoms with van der Waals surface area (Å²) >= 11 is 0. The second-order valence-corrected chi connectivity index (χ2v) is 4.79. The van der Waals surface area contributed by atoms with Crippen LogP contribution in [-0.2, 0) is 9.59 Å². The van der Waals surface area contributed by atoms with Crippen LogP contribution in [0.25, 0.3) is 0 Å². The van der Waals surface area contributed by atoms with E-state index >= 15 is 0 Å². The number of carboxylic acids is 1. The van der Waals surface area contributed by atoms with E-state index < -0.39 is 5.97 Å². The topological polar surface area (TPSA) is 57.6 Å². The molecule has 2 aliphatic rings. The van der Waals surface area contributed by atoms with Gasteiger partial charge in [0.15, 0.2) is 0 Å². The van der Waals surface area contributed by atoms with Crippen LogP contribution in [0.15, 0.2) is 0 Å². The Balaban J connectivity index is 1.95. The first-order valence-electron chi connectivity index (χ1n) is 5.61. The van der Waals surface area contributed by atoms with Gasteiger partial charge >= 0.3 is 5.97 Å². The SMILES string of the molecule is C[C@@H]1CN(C(=O)C2CCC2)C[C@H]1C(=O)O. The van der Waals surface area contributed by atoms with Crippen molar-refractivity contribution in [2.45, 2.75) is 26.2 Å². The molecule has 2 rings (SSSR count). The smallest absolute Gasteiger partial charge is 0.308 e. The number of nitrogens with zero attached hydrogens (tertiary/aromatic N) is 1. The standard InChI is InChI=1S/C11H17NO3/c1-7-5-12(6-9(7)11(14)15)10(13)8-3-2-4-8/h7-9H,2-6H2,1H3,(H,14,15)/t7-,9-/m1/s1. The minimum Gasteiger partial charge on any atom is -0.481 e. The quantitative estimate of drug-likeness (QED) is 0.740. The predicted octanol–water partition coefficient (Wildman–Crippen LogP) is 0.966. The van der Waals surface area contributed by atoms with Crippen LogP contribution in [0.1, 0.15) is 26.2 Å². The molecule has 1 aliphatic carbocycles. The van der Waals surface area contributed by atoms with E-state index in [0.717, 1.165) is 19.3 Å². The molecular weight excluding hydrogens is 194 g/mol. The van der Waals surface area contributed by atoms with Crippen molar-refractivity contribution in [1.29, 1.82) is 0 Å². The zero-order chi connectivity index (χ0) is 11.0. The molecule has 0 aromatic rings. The van der Waals surface area contributed by atoms with Crippen molar-refractivity contribution in [3.8, 4) is 0 Å². The van der Waals surface area contributed by atoms with Crippen molar-refractivity contribution in [1.82, 2.24) is 4.90 Å². The van der Waals surface area contributed by atoms with E-state index in [1.54, 1.807) is 4.90 Å². The van der Waals surface area contributed by atoms with Crippen LogP contribution in [0.4, 0.5) is 0 Å². The van der Waals surface area contributed by atoms with E-state index in [1.165, 1.54) is 0 Å². The fourth-order valence-electron chi connectivity index (χ4n) is 2.38. The van der Waals surface area contributed by atoms with Crippen LogP contribution in [0.2, 0.25) is 0 Å². The van der Waals surface area contributed by atoms with Gasteiger partial charge in [-0.2, -0.15) is 0 Å². The van der Waals surface area contributed by atoms with Crippen LogP contribution in [0, 0.1) is 17.8 Å². The van der Waals surface area contributed by atoms with Crippen LogP contribution in [0.3, 0.4) is 0 Å². The number of aliphatic carboxylic acids is 1. The van der Waals surface area contributed by atoms with Gasteiger partial charge in [0.1, 0.15) is 0 Å². The van der Waals surface area contributed by atoms with E-state index in [2.05, 4.69) is 0 Å². The number of rotatable bonds is 2. The number of hydrogen-bond donors (Lipinski definition) is 1. The van der Waals surface area contributed by atoms with Gasteiger partial charge in [-0.1, -0.05) is 13.3 Å². The number of carbonyl (C=O) groups is 2. The number of carboxylic acid groups (broad SMARTS) is 1. The molecule has 1 aliphatic heterocycles. The summed E-state index contributed by atoms with van der Waals surface area (Å²) in [4.78, 5) is 24.5. The van der Waals surface area contributed by atoms with Crippen molar-refractivity contribution in [3.63, 3.8) is 0 Å². The highest BCUT2D eigenvalue weighted by atomic mass is 16.4. The Bertz CT molecular complexity index is 286. The molecule has 84 valence electrons. The molecular formula is C11H17NO3. The molecule has 1 N–H and O–H groups in total. The molecule has 1 heterocycles. The third-order valence-corrected chi connectivity index (χ3v) is 3.70. The molecule has 0 bridgehead atoms. The molecule has 0 aromatic carbocycles. The summed E-state index contributed by atoms with van der Waals surface area (Å²) in [7, 11) is 0. The predicted molar refractivity (Wildman–Crippen MR) is 54.2 cm³/mol. The highest BCUT2D eigenvalue weighted by Gasteiger charge is 2.39. The molecule has 0 radical (unpaired) electrons. The van der Waals surface area contributed by atoms with Crippen molar-refractivity contribution in [3.05, 3.63) is 0 Å². The van der Waals surface area contributed by atoms with Gasteiger partial charge in [-0.25, -0.2) is 0 Å². The summed E-state index contributed by atoms with van der Waals surface area (Å²) in [5.41, 5.74) is 0. The molecule has 1 amide bonds. The molecule has 4 heteroatoms. The number of likely N-dealkylation sites (tertiary alicyclic amines) is 1. The van der Waals surface area contributed by atoms with Crippen molar-refractivity contribution in [2.24, 2.45) is 17.8 Å². The zero-order valence-corrected chi connectivity index (χ0v) is 8.98. The van der Waals surface area contributed by atoms with Crippen molar-refractivity contribution >= 4 is 11.9 Å². The Morgan fingerprint density at radius 3 is 2.33 bits per heavy atom. The fraction of sp³-hybridized carbons (Fsp3) is 0.818. The lowest BCUT2D eigenvalue weighted by Crippen LogP contribution is -2.37. The average molecular weight is 211 g/mol. The minimum atomic E-state index is -0.772. The maximum atomic E-state index is 11.9. The summed E-state index contributed by atoms with van der Waals surface area (Å²) in [5.74, 6) is -0.687. The summed E-state index contributed by atoms with van der Waals surface area (Å²) < 4.78 is 0. The molecule has 0 aromatic heterocycles. The molecule has 15 heavy (non-hydrogen) atoms. The molecule has 0 spiro atoms. The lowest BCUT2D eigenvalue weighted by molar-refractivity contribution is -0.142. The van der Waals surface area contributed by atoms with Gasteiger partial charge in [0.2, 0.25) is 5.91 Å². The summed E-state index contributed by atoms with van der Waals surface area (Å²) in [6.45, 7) is 2.94. The van der Waals surface area contributed by atoms with Crippen LogP contribution >= 0.6 is 0 Å². The van der Waals surface area contributed by atoms with E-state index in [0.29, 0.717) is 13.1 Å². The Morgan fingerprint density at radius 1 is 1.27 bits per heavy atom. The maximum absolute atomic E-state index is 11.9. The van der Waals surface area contributed by atoms with Gasteiger partial charge in [-0.3, -0.25) is 9.59 Å². The zero-order valence-electron chi connectivity index (χ0n) is 8.98. The first-order chi connectivity index (χ1) is 7.09. The van der Waals surface area contributed by atoms with Gasteiger partial charge < -0.3 is 10.0 Å². The molecule has 0 unspecified atom stereocenters. The summed E-state index contributed by atoms with van der Waals surface area (Å²) in [5, 5.41) is 8.96. The second-order valence-electron chi connectivity index (χ2n) is 4.79. The molecule has 4 nitrogen and oxygen atoms in total. The van der Waals surface area contributed by atoms with Gasteiger partial charge in [0.05, 0.1) is 5.92 Å². The lowest BCUT2D eigenvalue weighted by Gasteiger charge is -2.29. The van der Waals surface area contributed by atoms with E-state index in [1.807, 2.05) is 6.92 Å². The van der Waals surface area contributed by atoms with Crippen LogP contribution < -0.4 is 0 Å². The third-order valence-electron chi connectivity index (χ3n) is 3.70. The average Bonchev–Trinajstić information content (AvgIpc) is 2.44. The molecule has 1 saturated heterocycles. The van der Waals surface area contributed by atoms with Crippen LogP contribution in [-0.4, -0.2) is 35.0 Å². The highest BCUT2D eigenvalue weighted by molar-refractivity contribution is 5.81. The Hall–Kier alpha value is -1.06. The van der Waals surface area contributed by atoms with Gasteiger partial charge in [0.25, 0.3) is 0 Å². The molecule has 2 fully saturated rings. The number of carbonyl (C=O) groups excluding carboxylic acids is 1. The van der Waals surface area contributed by atoms with E-state index in [9.17, 15) is 9.59 Å². The van der Waals surface area contributed by atoms with Gasteiger partial charge in [-0.05, 0) is 18.8 Å². The Kier molecular flexibility index (Phi) is 2.67. The lowest BCUT2D eigenvalue weighted by atomic mass is 9.84. The Morgan fingerprint density at radius 2 is 1.93 bits per heavy atom. The first kappa shape index (κ1) is 10.5. The first-order valence-corrected chi connectivity index (χ1v) is 5.61.